The van der Waals surface area contributed by atoms with Crippen LogP contribution in [0.4, 0.5) is 0 Å². The number of hydrogen-bond donors (Lipinski definition) is 2. The van der Waals surface area contributed by atoms with E-state index in [-0.39, 0.29) is 24.6 Å². The molecule has 1 unspecified atom stereocenters. The molecule has 2 rings (SSSR count). The van der Waals surface area contributed by atoms with Gasteiger partial charge in [0.1, 0.15) is 12.6 Å². The summed E-state index contributed by atoms with van der Waals surface area (Å²) in [5, 5.41) is 12.2. The van der Waals surface area contributed by atoms with Crippen molar-refractivity contribution < 1.29 is 28.9 Å². The second kappa shape index (κ2) is 10.1. The van der Waals surface area contributed by atoms with Crippen LogP contribution in [0.3, 0.4) is 0 Å². The molecule has 8 heteroatoms. The molecule has 8 nitrogen and oxygen atoms in total. The minimum Gasteiger partial charge on any atom is -0.503 e. The van der Waals surface area contributed by atoms with Gasteiger partial charge in [-0.05, 0) is 12.5 Å². The number of rotatable bonds is 9. The second-order valence-corrected chi connectivity index (χ2v) is 5.69. The van der Waals surface area contributed by atoms with Gasteiger partial charge in [-0.2, -0.15) is 0 Å². The van der Waals surface area contributed by atoms with Crippen molar-refractivity contribution in [1.29, 1.82) is 0 Å². The molecule has 1 atom stereocenters. The van der Waals surface area contributed by atoms with Crippen LogP contribution in [0.25, 0.3) is 0 Å². The highest BCUT2D eigenvalue weighted by molar-refractivity contribution is 5.97. The van der Waals surface area contributed by atoms with Crippen molar-refractivity contribution in [3.05, 3.63) is 53.9 Å². The minimum absolute atomic E-state index is 0.113. The van der Waals surface area contributed by atoms with E-state index in [0.29, 0.717) is 6.61 Å². The van der Waals surface area contributed by atoms with E-state index in [4.69, 9.17) is 14.2 Å². The molecule has 0 aliphatic carbocycles. The van der Waals surface area contributed by atoms with Crippen LogP contribution in [-0.2, 0) is 20.9 Å². The van der Waals surface area contributed by atoms with Crippen molar-refractivity contribution >= 4 is 11.9 Å². The fraction of sp³-hybridized carbons (Fsp3) is 0.316. The lowest BCUT2D eigenvalue weighted by Crippen LogP contribution is -2.33. The first-order valence-electron chi connectivity index (χ1n) is 8.32. The average molecular weight is 374 g/mol. The molecule has 2 aromatic rings. The molecule has 1 aromatic heterocycles. The quantitative estimate of drug-likeness (QED) is 0.643. The molecule has 144 valence electrons. The number of aromatic nitrogens is 1. The molecule has 0 aliphatic rings. The molecule has 1 heterocycles. The van der Waals surface area contributed by atoms with E-state index < -0.39 is 23.7 Å². The summed E-state index contributed by atoms with van der Waals surface area (Å²) in [6.07, 6.45) is 0.847. The Bertz CT molecular complexity index is 766. The summed E-state index contributed by atoms with van der Waals surface area (Å²) in [6, 6.07) is 11.0. The highest BCUT2D eigenvalue weighted by Gasteiger charge is 2.18. The number of amides is 1. The molecule has 0 spiro atoms. The lowest BCUT2D eigenvalue weighted by atomic mass is 10.2. The fourth-order valence-electron chi connectivity index (χ4n) is 2.22. The van der Waals surface area contributed by atoms with E-state index in [1.807, 2.05) is 30.3 Å². The van der Waals surface area contributed by atoms with E-state index in [1.165, 1.54) is 19.4 Å². The molecule has 1 aromatic carbocycles. The average Bonchev–Trinajstić information content (AvgIpc) is 2.67. The monoisotopic (exact) mass is 374 g/mol. The summed E-state index contributed by atoms with van der Waals surface area (Å²) >= 11 is 0. The number of pyridine rings is 1. The Morgan fingerprint density at radius 2 is 1.96 bits per heavy atom. The van der Waals surface area contributed by atoms with E-state index in [1.54, 1.807) is 6.92 Å². The zero-order valence-corrected chi connectivity index (χ0v) is 15.2. The van der Waals surface area contributed by atoms with Gasteiger partial charge in [-0.25, -0.2) is 4.98 Å². The van der Waals surface area contributed by atoms with Gasteiger partial charge in [-0.15, -0.1) is 0 Å². The van der Waals surface area contributed by atoms with Gasteiger partial charge in [0.05, 0.1) is 20.3 Å². The number of nitrogens with zero attached hydrogens (tertiary/aromatic N) is 1. The van der Waals surface area contributed by atoms with E-state index in [0.717, 1.165) is 5.56 Å². The first kappa shape index (κ1) is 20.2. The van der Waals surface area contributed by atoms with Crippen LogP contribution in [0.2, 0.25) is 0 Å². The molecule has 0 saturated heterocycles. The van der Waals surface area contributed by atoms with Crippen molar-refractivity contribution in [2.24, 2.45) is 0 Å². The molecule has 2 N–H and O–H groups in total. The summed E-state index contributed by atoms with van der Waals surface area (Å²) < 4.78 is 15.6. The second-order valence-electron chi connectivity index (χ2n) is 5.69. The van der Waals surface area contributed by atoms with Gasteiger partial charge in [0.25, 0.3) is 5.91 Å². The first-order valence-corrected chi connectivity index (χ1v) is 8.32. The highest BCUT2D eigenvalue weighted by atomic mass is 16.6. The highest BCUT2D eigenvalue weighted by Crippen LogP contribution is 2.27. The SMILES string of the molecule is COc1ccnc(C(=O)NCC(=O)OC(C)COCc2ccccc2)c1O. The normalized spacial score (nSPS) is 11.5. The van der Waals surface area contributed by atoms with Crippen LogP contribution < -0.4 is 10.1 Å². The fourth-order valence-corrected chi connectivity index (χ4v) is 2.22. The number of carbonyl (C=O) groups is 2. The Morgan fingerprint density at radius 3 is 2.67 bits per heavy atom. The van der Waals surface area contributed by atoms with Gasteiger partial charge >= 0.3 is 5.97 Å². The van der Waals surface area contributed by atoms with Crippen LogP contribution >= 0.6 is 0 Å². The van der Waals surface area contributed by atoms with Crippen LogP contribution in [-0.4, -0.2) is 48.3 Å². The zero-order valence-electron chi connectivity index (χ0n) is 15.2. The topological polar surface area (TPSA) is 107 Å². The molecule has 1 amide bonds. The maximum Gasteiger partial charge on any atom is 0.325 e. The van der Waals surface area contributed by atoms with Crippen molar-refractivity contribution in [2.75, 3.05) is 20.3 Å². The predicted octanol–water partition coefficient (Wildman–Crippen LogP) is 1.67. The lowest BCUT2D eigenvalue weighted by molar-refractivity contribution is -0.149. The van der Waals surface area contributed by atoms with Crippen molar-refractivity contribution in [3.8, 4) is 11.5 Å². The minimum atomic E-state index is -0.712. The third kappa shape index (κ3) is 6.27. The maximum atomic E-state index is 12.0. The summed E-state index contributed by atoms with van der Waals surface area (Å²) in [6.45, 7) is 1.98. The van der Waals surface area contributed by atoms with Gasteiger partial charge < -0.3 is 24.6 Å². The van der Waals surface area contributed by atoms with Gasteiger partial charge in [-0.3, -0.25) is 9.59 Å². The van der Waals surface area contributed by atoms with E-state index in [9.17, 15) is 14.7 Å². The standard InChI is InChI=1S/C19H22N2O6/c1-13(11-26-12-14-6-4-3-5-7-14)27-16(22)10-21-19(24)17-18(23)15(25-2)8-9-20-17/h3-9,13,23H,10-12H2,1-2H3,(H,21,24). The molecule has 0 aliphatic heterocycles. The van der Waals surface area contributed by atoms with Gasteiger partial charge in [0, 0.05) is 12.3 Å². The van der Waals surface area contributed by atoms with Gasteiger partial charge in [-0.1, -0.05) is 30.3 Å². The Hall–Kier alpha value is -3.13. The third-order valence-electron chi connectivity index (χ3n) is 3.51. The van der Waals surface area contributed by atoms with Crippen LogP contribution in [0.15, 0.2) is 42.6 Å². The smallest absolute Gasteiger partial charge is 0.325 e. The Balaban J connectivity index is 1.73. The number of hydrogen-bond acceptors (Lipinski definition) is 7. The van der Waals surface area contributed by atoms with Gasteiger partial charge in [0.15, 0.2) is 17.2 Å². The van der Waals surface area contributed by atoms with E-state index >= 15 is 0 Å². The summed E-state index contributed by atoms with van der Waals surface area (Å²) in [5.74, 6) is -1.62. The molecular weight excluding hydrogens is 352 g/mol. The predicted molar refractivity (Wildman–Crippen MR) is 96.4 cm³/mol. The zero-order chi connectivity index (χ0) is 19.6. The summed E-state index contributed by atoms with van der Waals surface area (Å²) in [7, 11) is 1.36. The lowest BCUT2D eigenvalue weighted by Gasteiger charge is -2.14. The number of methoxy groups -OCH3 is 1. The van der Waals surface area contributed by atoms with Crippen molar-refractivity contribution in [3.63, 3.8) is 0 Å². The first-order chi connectivity index (χ1) is 13.0. The van der Waals surface area contributed by atoms with Gasteiger partial charge in [0.2, 0.25) is 0 Å². The van der Waals surface area contributed by atoms with Crippen molar-refractivity contribution in [1.82, 2.24) is 10.3 Å². The Labute approximate surface area is 157 Å². The number of carbonyl (C=O) groups excluding carboxylic acids is 2. The largest absolute Gasteiger partial charge is 0.503 e. The van der Waals surface area contributed by atoms with E-state index in [2.05, 4.69) is 10.3 Å². The number of aromatic hydroxyl groups is 1. The number of esters is 1. The molecule has 0 bridgehead atoms. The third-order valence-corrected chi connectivity index (χ3v) is 3.51. The molecular formula is C19H22N2O6. The maximum absolute atomic E-state index is 12.0. The number of ether oxygens (including phenoxy) is 3. The molecule has 27 heavy (non-hydrogen) atoms. The Morgan fingerprint density at radius 1 is 1.22 bits per heavy atom. The Kier molecular flexibility index (Phi) is 7.57. The summed E-state index contributed by atoms with van der Waals surface area (Å²) in [5.41, 5.74) is 0.787. The van der Waals surface area contributed by atoms with Crippen molar-refractivity contribution in [2.45, 2.75) is 19.6 Å². The molecule has 0 radical (unpaired) electrons. The molecule has 0 saturated carbocycles. The van der Waals surface area contributed by atoms with Crippen LogP contribution in [0.1, 0.15) is 23.0 Å². The number of benzene rings is 1. The van der Waals surface area contributed by atoms with Crippen LogP contribution in [0.5, 0.6) is 11.5 Å². The van der Waals surface area contributed by atoms with Crippen LogP contribution in [0, 0.1) is 0 Å². The number of nitrogens with one attached hydrogen (secondary N) is 1. The molecule has 0 fully saturated rings. The summed E-state index contributed by atoms with van der Waals surface area (Å²) in [4.78, 5) is 27.6.